The minimum Gasteiger partial charge on any atom is -0.394 e. The van der Waals surface area contributed by atoms with E-state index in [0.29, 0.717) is 5.56 Å². The van der Waals surface area contributed by atoms with Gasteiger partial charge >= 0.3 is 5.69 Å². The molecule has 19 heavy (non-hydrogen) atoms. The summed E-state index contributed by atoms with van der Waals surface area (Å²) in [5.74, 6) is 5.31. The van der Waals surface area contributed by atoms with Gasteiger partial charge in [-0.1, -0.05) is 5.92 Å². The average molecular weight is 266 g/mol. The molecule has 0 aromatic carbocycles. The van der Waals surface area contributed by atoms with Crippen molar-refractivity contribution in [2.24, 2.45) is 0 Å². The zero-order chi connectivity index (χ0) is 14.0. The number of nitrogens with zero attached hydrogens (tertiary/aromatic N) is 1. The zero-order valence-corrected chi connectivity index (χ0v) is 10.2. The lowest BCUT2D eigenvalue weighted by Gasteiger charge is -2.15. The Morgan fingerprint density at radius 1 is 1.47 bits per heavy atom. The molecule has 7 heteroatoms. The van der Waals surface area contributed by atoms with E-state index in [0.717, 1.165) is 0 Å². The van der Waals surface area contributed by atoms with Crippen LogP contribution in [0.4, 0.5) is 0 Å². The molecule has 0 radical (unpaired) electrons. The molecule has 2 rings (SSSR count). The first kappa shape index (κ1) is 13.7. The normalized spacial score (nSPS) is 29.9. The van der Waals surface area contributed by atoms with Gasteiger partial charge in [0.05, 0.1) is 6.61 Å². The predicted octanol–water partition coefficient (Wildman–Crippen LogP) is -1.70. The highest BCUT2D eigenvalue weighted by atomic mass is 16.6. The molecule has 0 bridgehead atoms. The molecule has 102 valence electrons. The van der Waals surface area contributed by atoms with Crippen molar-refractivity contribution in [2.75, 3.05) is 6.61 Å². The van der Waals surface area contributed by atoms with Gasteiger partial charge in [0, 0.05) is 11.8 Å². The Morgan fingerprint density at radius 3 is 2.79 bits per heavy atom. The molecule has 1 saturated heterocycles. The van der Waals surface area contributed by atoms with Crippen LogP contribution in [0, 0.1) is 11.8 Å². The molecule has 1 aliphatic rings. The van der Waals surface area contributed by atoms with Crippen molar-refractivity contribution in [3.63, 3.8) is 0 Å². The lowest BCUT2D eigenvalue weighted by atomic mass is 10.0. The first-order chi connectivity index (χ1) is 9.08. The molecule has 1 aliphatic heterocycles. The number of hydrogen-bond donors (Lipinski definition) is 4. The maximum Gasteiger partial charge on any atom is 0.345 e. The van der Waals surface area contributed by atoms with Crippen LogP contribution in [0.25, 0.3) is 0 Å². The summed E-state index contributed by atoms with van der Waals surface area (Å²) < 4.78 is 5.37. The lowest BCUT2D eigenvalue weighted by molar-refractivity contribution is -0.0230. The largest absolute Gasteiger partial charge is 0.394 e. The number of H-pyrrole nitrogens is 1. The molecular formula is C12H14N2O5. The van der Waals surface area contributed by atoms with Gasteiger partial charge in [-0.2, -0.15) is 0 Å². The Hall–Kier alpha value is -1.72. The minimum atomic E-state index is -1.22. The van der Waals surface area contributed by atoms with E-state index < -0.39 is 36.7 Å². The van der Waals surface area contributed by atoms with E-state index in [2.05, 4.69) is 21.8 Å². The molecule has 1 unspecified atom stereocenters. The lowest BCUT2D eigenvalue weighted by Crippen LogP contribution is -2.32. The summed E-state index contributed by atoms with van der Waals surface area (Å²) in [5.41, 5.74) is 0.0852. The smallest absolute Gasteiger partial charge is 0.345 e. The molecule has 0 amide bonds. The van der Waals surface area contributed by atoms with Crippen LogP contribution < -0.4 is 5.69 Å². The number of ether oxygens (including phenoxy) is 1. The number of rotatable bonds is 2. The molecule has 1 aromatic heterocycles. The quantitative estimate of drug-likeness (QED) is 0.474. The molecule has 1 aromatic rings. The molecule has 2 heterocycles. The summed E-state index contributed by atoms with van der Waals surface area (Å²) in [6.45, 7) is 1.18. The molecule has 4 atom stereocenters. The zero-order valence-electron chi connectivity index (χ0n) is 10.2. The van der Waals surface area contributed by atoms with Crippen molar-refractivity contribution in [2.45, 2.75) is 31.3 Å². The van der Waals surface area contributed by atoms with E-state index >= 15 is 0 Å². The van der Waals surface area contributed by atoms with Crippen molar-refractivity contribution in [1.82, 2.24) is 9.97 Å². The highest BCUT2D eigenvalue weighted by Crippen LogP contribution is 2.33. The second-order valence-corrected chi connectivity index (χ2v) is 4.15. The topological polar surface area (TPSA) is 116 Å². The highest BCUT2D eigenvalue weighted by molar-refractivity contribution is 5.36. The van der Waals surface area contributed by atoms with Crippen molar-refractivity contribution in [3.8, 4) is 11.8 Å². The third kappa shape index (κ3) is 2.52. The monoisotopic (exact) mass is 266 g/mol. The fourth-order valence-electron chi connectivity index (χ4n) is 2.00. The number of aliphatic hydroxyl groups is 3. The summed E-state index contributed by atoms with van der Waals surface area (Å²) in [6, 6.07) is 0. The maximum absolute atomic E-state index is 11.2. The Labute approximate surface area is 108 Å². The Bertz CT molecular complexity index is 573. The molecule has 4 N–H and O–H groups in total. The molecular weight excluding hydrogens is 252 g/mol. The standard InChI is InChI=1S/C12H14N2O5/c1-2-3-7-6(4-13-12(18)14-7)11-10(17)9(16)8(5-15)19-11/h4,8-11,15-17H,5H2,1H3,(H,13,14,18)/t8-,9?,10+,11+/m1/s1. The van der Waals surface area contributed by atoms with Crippen LogP contribution in [0.1, 0.15) is 24.3 Å². The van der Waals surface area contributed by atoms with Crippen LogP contribution in [0.15, 0.2) is 11.0 Å². The summed E-state index contributed by atoms with van der Waals surface area (Å²) in [6.07, 6.45) is -2.95. The van der Waals surface area contributed by atoms with E-state index in [1.807, 2.05) is 0 Å². The van der Waals surface area contributed by atoms with Gasteiger partial charge in [0.25, 0.3) is 0 Å². The summed E-state index contributed by atoms with van der Waals surface area (Å²) in [5, 5.41) is 28.7. The highest BCUT2D eigenvalue weighted by Gasteiger charge is 2.44. The fourth-order valence-corrected chi connectivity index (χ4v) is 2.00. The summed E-state index contributed by atoms with van der Waals surface area (Å²) in [4.78, 5) is 17.2. The van der Waals surface area contributed by atoms with Gasteiger partial charge in [0.2, 0.25) is 0 Å². The number of hydrogen-bond acceptors (Lipinski definition) is 6. The number of aromatic amines is 1. The van der Waals surface area contributed by atoms with Crippen LogP contribution in [0.2, 0.25) is 0 Å². The van der Waals surface area contributed by atoms with Crippen LogP contribution >= 0.6 is 0 Å². The predicted molar refractivity (Wildman–Crippen MR) is 64.1 cm³/mol. The van der Waals surface area contributed by atoms with Crippen LogP contribution in [-0.4, -0.2) is 50.2 Å². The molecule has 0 spiro atoms. The van der Waals surface area contributed by atoms with E-state index in [-0.39, 0.29) is 5.69 Å². The molecule has 7 nitrogen and oxygen atoms in total. The van der Waals surface area contributed by atoms with Crippen molar-refractivity contribution in [1.29, 1.82) is 0 Å². The summed E-state index contributed by atoms with van der Waals surface area (Å²) in [7, 11) is 0. The van der Waals surface area contributed by atoms with Crippen molar-refractivity contribution in [3.05, 3.63) is 27.9 Å². The van der Waals surface area contributed by atoms with Crippen LogP contribution in [-0.2, 0) is 4.74 Å². The van der Waals surface area contributed by atoms with Gasteiger partial charge in [-0.25, -0.2) is 9.78 Å². The van der Waals surface area contributed by atoms with Gasteiger partial charge in [-0.3, -0.25) is 4.98 Å². The van der Waals surface area contributed by atoms with E-state index in [4.69, 9.17) is 9.84 Å². The molecule has 0 aliphatic carbocycles. The van der Waals surface area contributed by atoms with Crippen LogP contribution in [0.5, 0.6) is 0 Å². The number of aliphatic hydroxyl groups excluding tert-OH is 3. The van der Waals surface area contributed by atoms with Crippen molar-refractivity contribution >= 4 is 0 Å². The average Bonchev–Trinajstić information content (AvgIpc) is 2.67. The van der Waals surface area contributed by atoms with Gasteiger partial charge in [-0.05, 0) is 12.8 Å². The van der Waals surface area contributed by atoms with Gasteiger partial charge in [-0.15, -0.1) is 0 Å². The van der Waals surface area contributed by atoms with Gasteiger partial charge in [0.15, 0.2) is 0 Å². The SMILES string of the molecule is CC#Cc1[nH]c(=O)ncc1[C@@H]1O[C@H](CO)C(O)[C@@H]1O. The molecule has 0 saturated carbocycles. The fraction of sp³-hybridized carbons (Fsp3) is 0.500. The first-order valence-electron chi connectivity index (χ1n) is 5.73. The number of nitrogens with one attached hydrogen (secondary N) is 1. The van der Waals surface area contributed by atoms with E-state index in [1.165, 1.54) is 6.20 Å². The van der Waals surface area contributed by atoms with Gasteiger partial charge in [0.1, 0.15) is 30.1 Å². The Balaban J connectivity index is 2.41. The molecule has 1 fully saturated rings. The maximum atomic E-state index is 11.2. The second-order valence-electron chi connectivity index (χ2n) is 4.15. The first-order valence-corrected chi connectivity index (χ1v) is 5.73. The Morgan fingerprint density at radius 2 is 2.21 bits per heavy atom. The third-order valence-electron chi connectivity index (χ3n) is 2.94. The second kappa shape index (κ2) is 5.50. The summed E-state index contributed by atoms with van der Waals surface area (Å²) >= 11 is 0. The van der Waals surface area contributed by atoms with E-state index in [9.17, 15) is 15.0 Å². The van der Waals surface area contributed by atoms with Crippen LogP contribution in [0.3, 0.4) is 0 Å². The number of aromatic nitrogens is 2. The third-order valence-corrected chi connectivity index (χ3v) is 2.94. The van der Waals surface area contributed by atoms with Gasteiger partial charge < -0.3 is 20.1 Å². The Kier molecular flexibility index (Phi) is 3.97. The van der Waals surface area contributed by atoms with E-state index in [1.54, 1.807) is 6.92 Å². The van der Waals surface area contributed by atoms with Crippen molar-refractivity contribution < 1.29 is 20.1 Å². The minimum absolute atomic E-state index is 0.275.